The number of aliphatic hydroxyl groups is 1. The van der Waals surface area contributed by atoms with E-state index in [9.17, 15) is 9.90 Å². The van der Waals surface area contributed by atoms with Crippen LogP contribution in [0.15, 0.2) is 24.3 Å². The van der Waals surface area contributed by atoms with Crippen LogP contribution in [0.2, 0.25) is 0 Å². The van der Waals surface area contributed by atoms with Gasteiger partial charge in [-0.3, -0.25) is 4.79 Å². The molecular weight excluding hydrogens is 212 g/mol. The lowest BCUT2D eigenvalue weighted by atomic mass is 9.72. The van der Waals surface area contributed by atoms with Crippen molar-refractivity contribution in [1.82, 2.24) is 0 Å². The van der Waals surface area contributed by atoms with E-state index in [2.05, 4.69) is 0 Å². The van der Waals surface area contributed by atoms with Gasteiger partial charge in [-0.2, -0.15) is 0 Å². The minimum absolute atomic E-state index is 0.00514. The number of hydrogen-bond acceptors (Lipinski definition) is 2. The molecule has 2 aliphatic carbocycles. The van der Waals surface area contributed by atoms with E-state index in [0.29, 0.717) is 5.92 Å². The molecule has 0 bridgehead atoms. The number of carbonyl (C=O) groups is 1. The predicted octanol–water partition coefficient (Wildman–Crippen LogP) is 2.59. The number of hydrogen-bond donors (Lipinski definition) is 1. The fourth-order valence-electron chi connectivity index (χ4n) is 3.65. The first-order valence-corrected chi connectivity index (χ1v) is 6.51. The highest BCUT2D eigenvalue weighted by Gasteiger charge is 2.50. The number of Topliss-reactive ketones (excluding diaryl/α,β-unsaturated/α-hetero) is 1. The first-order chi connectivity index (χ1) is 8.28. The molecule has 0 saturated heterocycles. The van der Waals surface area contributed by atoms with E-state index in [1.807, 2.05) is 24.3 Å². The van der Waals surface area contributed by atoms with Crippen molar-refractivity contribution in [2.45, 2.75) is 32.1 Å². The van der Waals surface area contributed by atoms with Crippen LogP contribution < -0.4 is 0 Å². The van der Waals surface area contributed by atoms with Crippen LogP contribution in [0.5, 0.6) is 0 Å². The zero-order chi connectivity index (χ0) is 11.9. The van der Waals surface area contributed by atoms with Crippen LogP contribution in [0, 0.1) is 11.3 Å². The Morgan fingerprint density at radius 2 is 1.94 bits per heavy atom. The Hall–Kier alpha value is -1.15. The molecule has 1 saturated carbocycles. The second-order valence-corrected chi connectivity index (χ2v) is 5.46. The monoisotopic (exact) mass is 230 g/mol. The van der Waals surface area contributed by atoms with Gasteiger partial charge in [0.25, 0.3) is 0 Å². The molecule has 1 N–H and O–H groups in total. The molecule has 0 aromatic heterocycles. The van der Waals surface area contributed by atoms with Gasteiger partial charge in [0, 0.05) is 5.56 Å². The van der Waals surface area contributed by atoms with Crippen molar-refractivity contribution in [2.24, 2.45) is 11.3 Å². The van der Waals surface area contributed by atoms with E-state index in [-0.39, 0.29) is 12.4 Å². The molecule has 90 valence electrons. The quantitative estimate of drug-likeness (QED) is 0.848. The van der Waals surface area contributed by atoms with Crippen molar-refractivity contribution >= 4 is 5.78 Å². The highest BCUT2D eigenvalue weighted by molar-refractivity contribution is 6.05. The number of fused-ring (bicyclic) bond motifs is 1. The lowest BCUT2D eigenvalue weighted by Crippen LogP contribution is -2.39. The van der Waals surface area contributed by atoms with Gasteiger partial charge in [0.15, 0.2) is 5.78 Å². The zero-order valence-corrected chi connectivity index (χ0v) is 9.98. The van der Waals surface area contributed by atoms with E-state index in [4.69, 9.17) is 0 Å². The summed E-state index contributed by atoms with van der Waals surface area (Å²) in [5.74, 6) is 0.565. The summed E-state index contributed by atoms with van der Waals surface area (Å²) in [7, 11) is 0. The number of benzene rings is 1. The molecular formula is C15H18O2. The van der Waals surface area contributed by atoms with Crippen molar-refractivity contribution < 1.29 is 9.90 Å². The molecule has 2 aliphatic rings. The third-order valence-corrected chi connectivity index (χ3v) is 4.64. The van der Waals surface area contributed by atoms with E-state index >= 15 is 0 Å². The summed E-state index contributed by atoms with van der Waals surface area (Å²) >= 11 is 0. The molecule has 1 aromatic carbocycles. The summed E-state index contributed by atoms with van der Waals surface area (Å²) in [6.07, 6.45) is 5.34. The van der Waals surface area contributed by atoms with Crippen molar-refractivity contribution in [2.75, 3.05) is 6.61 Å². The van der Waals surface area contributed by atoms with Gasteiger partial charge in [0.05, 0.1) is 12.0 Å². The van der Waals surface area contributed by atoms with Gasteiger partial charge >= 0.3 is 0 Å². The predicted molar refractivity (Wildman–Crippen MR) is 66.0 cm³/mol. The Kier molecular flexibility index (Phi) is 2.55. The Morgan fingerprint density at radius 3 is 2.59 bits per heavy atom. The van der Waals surface area contributed by atoms with E-state index in [1.54, 1.807) is 0 Å². The highest BCUT2D eigenvalue weighted by Crippen LogP contribution is 2.48. The molecule has 0 amide bonds. The molecule has 1 atom stereocenters. The molecule has 0 aliphatic heterocycles. The maximum Gasteiger partial charge on any atom is 0.172 e. The lowest BCUT2D eigenvalue weighted by Gasteiger charge is -2.31. The summed E-state index contributed by atoms with van der Waals surface area (Å²) < 4.78 is 0. The standard InChI is InChI=1S/C15H18O2/c16-10-15(12-6-2-3-7-12)9-11-5-1-4-8-13(11)14(15)17/h1,4-5,8,12,16H,2-3,6-7,9-10H2/t15-/m1/s1. The first kappa shape index (κ1) is 11.0. The number of carbonyl (C=O) groups excluding carboxylic acids is 1. The summed E-state index contributed by atoms with van der Waals surface area (Å²) in [4.78, 5) is 12.6. The third-order valence-electron chi connectivity index (χ3n) is 4.64. The highest BCUT2D eigenvalue weighted by atomic mass is 16.3. The maximum atomic E-state index is 12.6. The summed E-state index contributed by atoms with van der Waals surface area (Å²) in [6.45, 7) is 0.00514. The van der Waals surface area contributed by atoms with Crippen LogP contribution in [-0.4, -0.2) is 17.5 Å². The topological polar surface area (TPSA) is 37.3 Å². The Labute approximate surface area is 102 Å². The summed E-state index contributed by atoms with van der Waals surface area (Å²) in [5, 5.41) is 9.80. The van der Waals surface area contributed by atoms with Crippen molar-refractivity contribution in [1.29, 1.82) is 0 Å². The smallest absolute Gasteiger partial charge is 0.172 e. The van der Waals surface area contributed by atoms with Crippen LogP contribution in [0.4, 0.5) is 0 Å². The van der Waals surface area contributed by atoms with Crippen LogP contribution >= 0.6 is 0 Å². The Morgan fingerprint density at radius 1 is 1.24 bits per heavy atom. The summed E-state index contributed by atoms with van der Waals surface area (Å²) in [6, 6.07) is 7.83. The average molecular weight is 230 g/mol. The normalized spacial score (nSPS) is 28.6. The molecule has 0 heterocycles. The molecule has 0 radical (unpaired) electrons. The fraction of sp³-hybridized carbons (Fsp3) is 0.533. The van der Waals surface area contributed by atoms with E-state index in [0.717, 1.165) is 30.4 Å². The average Bonchev–Trinajstić information content (AvgIpc) is 2.97. The van der Waals surface area contributed by atoms with Gasteiger partial charge in [-0.15, -0.1) is 0 Å². The Bertz CT molecular complexity index is 446. The lowest BCUT2D eigenvalue weighted by molar-refractivity contribution is 0.0479. The summed E-state index contributed by atoms with van der Waals surface area (Å²) in [5.41, 5.74) is 1.46. The van der Waals surface area contributed by atoms with Crippen LogP contribution in [0.25, 0.3) is 0 Å². The molecule has 17 heavy (non-hydrogen) atoms. The SMILES string of the molecule is O=C1c2ccccc2C[C@@]1(CO)C1CCCC1. The van der Waals surface area contributed by atoms with Gasteiger partial charge in [0.1, 0.15) is 0 Å². The molecule has 1 aromatic rings. The second kappa shape index (κ2) is 3.95. The number of ketones is 1. The maximum absolute atomic E-state index is 12.6. The molecule has 2 nitrogen and oxygen atoms in total. The van der Waals surface area contributed by atoms with E-state index < -0.39 is 5.41 Å². The van der Waals surface area contributed by atoms with Gasteiger partial charge in [-0.05, 0) is 30.7 Å². The Balaban J connectivity index is 2.02. The number of rotatable bonds is 2. The molecule has 2 heteroatoms. The minimum atomic E-state index is -0.500. The van der Waals surface area contributed by atoms with Crippen molar-refractivity contribution in [3.8, 4) is 0 Å². The number of aliphatic hydroxyl groups excluding tert-OH is 1. The molecule has 0 unspecified atom stereocenters. The largest absolute Gasteiger partial charge is 0.395 e. The molecule has 3 rings (SSSR count). The van der Waals surface area contributed by atoms with Crippen molar-refractivity contribution in [3.63, 3.8) is 0 Å². The van der Waals surface area contributed by atoms with Gasteiger partial charge in [0.2, 0.25) is 0 Å². The molecule has 1 fully saturated rings. The first-order valence-electron chi connectivity index (χ1n) is 6.51. The van der Waals surface area contributed by atoms with Gasteiger partial charge < -0.3 is 5.11 Å². The van der Waals surface area contributed by atoms with E-state index in [1.165, 1.54) is 12.8 Å². The van der Waals surface area contributed by atoms with Gasteiger partial charge in [-0.25, -0.2) is 0 Å². The van der Waals surface area contributed by atoms with Crippen molar-refractivity contribution in [3.05, 3.63) is 35.4 Å². The van der Waals surface area contributed by atoms with Gasteiger partial charge in [-0.1, -0.05) is 37.1 Å². The third kappa shape index (κ3) is 1.47. The van der Waals surface area contributed by atoms with Crippen LogP contribution in [-0.2, 0) is 6.42 Å². The minimum Gasteiger partial charge on any atom is -0.395 e. The fourth-order valence-corrected chi connectivity index (χ4v) is 3.65. The van der Waals surface area contributed by atoms with Crippen LogP contribution in [0.1, 0.15) is 41.6 Å². The zero-order valence-electron chi connectivity index (χ0n) is 9.98. The molecule has 0 spiro atoms. The van der Waals surface area contributed by atoms with Crippen LogP contribution in [0.3, 0.4) is 0 Å². The second-order valence-electron chi connectivity index (χ2n) is 5.46.